The summed E-state index contributed by atoms with van der Waals surface area (Å²) in [5.41, 5.74) is 2.13. The predicted octanol–water partition coefficient (Wildman–Crippen LogP) is 1.29. The number of methoxy groups -OCH3 is 1. The molecule has 0 radical (unpaired) electrons. The maximum atomic E-state index is 13.3. The lowest BCUT2D eigenvalue weighted by atomic mass is 10.2. The van der Waals surface area contributed by atoms with Crippen LogP contribution in [0.15, 0.2) is 55.2 Å². The van der Waals surface area contributed by atoms with E-state index in [2.05, 4.69) is 15.1 Å². The van der Waals surface area contributed by atoms with E-state index in [1.165, 1.54) is 12.0 Å². The second kappa shape index (κ2) is 10.2. The molecule has 0 aliphatic carbocycles. The molecule has 33 heavy (non-hydrogen) atoms. The van der Waals surface area contributed by atoms with Gasteiger partial charge in [-0.1, -0.05) is 6.07 Å². The molecule has 10 heteroatoms. The fraction of sp³-hybridized carbons (Fsp3) is 0.348. The van der Waals surface area contributed by atoms with Crippen LogP contribution < -0.4 is 4.74 Å². The summed E-state index contributed by atoms with van der Waals surface area (Å²) >= 11 is 0. The summed E-state index contributed by atoms with van der Waals surface area (Å²) in [5.74, 6) is -0.270. The number of hydrogen-bond donors (Lipinski definition) is 0. The molecule has 4 heterocycles. The minimum atomic E-state index is -0.389. The van der Waals surface area contributed by atoms with Gasteiger partial charge in [-0.3, -0.25) is 19.3 Å². The van der Waals surface area contributed by atoms with Crippen LogP contribution in [0, 0.1) is 0 Å². The van der Waals surface area contributed by atoms with Gasteiger partial charge < -0.3 is 19.3 Å². The van der Waals surface area contributed by atoms with E-state index in [1.54, 1.807) is 46.5 Å². The molecule has 0 unspecified atom stereocenters. The van der Waals surface area contributed by atoms with Crippen LogP contribution in [0.3, 0.4) is 0 Å². The molecule has 0 bridgehead atoms. The van der Waals surface area contributed by atoms with Gasteiger partial charge in [0.15, 0.2) is 0 Å². The first-order valence-corrected chi connectivity index (χ1v) is 10.6. The van der Waals surface area contributed by atoms with E-state index in [-0.39, 0.29) is 36.9 Å². The smallest absolute Gasteiger partial charge is 0.259 e. The van der Waals surface area contributed by atoms with Crippen molar-refractivity contribution in [3.8, 4) is 5.88 Å². The Labute approximate surface area is 191 Å². The van der Waals surface area contributed by atoms with Crippen LogP contribution in [0.25, 0.3) is 0 Å². The molecule has 4 rings (SSSR count). The summed E-state index contributed by atoms with van der Waals surface area (Å²) in [6, 6.07) is 7.07. The number of pyridine rings is 2. The van der Waals surface area contributed by atoms with E-state index >= 15 is 0 Å². The number of carbonyl (C=O) groups excluding carboxylic acids is 2. The topological polar surface area (TPSA) is 103 Å². The third-order valence-electron chi connectivity index (χ3n) is 5.35. The Balaban J connectivity index is 1.56. The van der Waals surface area contributed by atoms with E-state index in [9.17, 15) is 9.59 Å². The highest BCUT2D eigenvalue weighted by molar-refractivity contribution is 5.98. The minimum absolute atomic E-state index is 0.0656. The van der Waals surface area contributed by atoms with Gasteiger partial charge in [0.2, 0.25) is 11.8 Å². The Morgan fingerprint density at radius 2 is 2.00 bits per heavy atom. The Kier molecular flexibility index (Phi) is 6.94. The molecule has 2 amide bonds. The highest BCUT2D eigenvalue weighted by Gasteiger charge is 2.32. The maximum absolute atomic E-state index is 13.3. The first-order valence-electron chi connectivity index (χ1n) is 10.6. The van der Waals surface area contributed by atoms with Crippen LogP contribution in [-0.4, -0.2) is 74.2 Å². The van der Waals surface area contributed by atoms with Gasteiger partial charge in [0, 0.05) is 57.0 Å². The van der Waals surface area contributed by atoms with Crippen LogP contribution in [0.1, 0.15) is 21.5 Å². The second-order valence-corrected chi connectivity index (χ2v) is 7.84. The molecule has 3 aromatic rings. The minimum Gasteiger partial charge on any atom is -0.480 e. The van der Waals surface area contributed by atoms with Gasteiger partial charge in [-0.25, -0.2) is 4.98 Å². The molecule has 0 saturated carbocycles. The van der Waals surface area contributed by atoms with Crippen molar-refractivity contribution in [2.75, 3.05) is 26.7 Å². The standard InChI is InChI=1S/C23H26N6O4/c1-27-11-18(10-26-27)12-28-13-19(33-16-17-5-3-7-24-9-17)14-29(15-21(28)30)23(31)20-6-4-8-25-22(20)32-2/h3-11,19H,12-16H2,1-2H3/t19-/m0/s1. The molecule has 0 N–H and O–H groups in total. The maximum Gasteiger partial charge on any atom is 0.259 e. The van der Waals surface area contributed by atoms with E-state index in [1.807, 2.05) is 25.4 Å². The van der Waals surface area contributed by atoms with Gasteiger partial charge in [-0.2, -0.15) is 5.10 Å². The second-order valence-electron chi connectivity index (χ2n) is 7.84. The zero-order chi connectivity index (χ0) is 23.2. The molecule has 3 aromatic heterocycles. The molecule has 0 spiro atoms. The van der Waals surface area contributed by atoms with Gasteiger partial charge in [-0.05, 0) is 23.8 Å². The quantitative estimate of drug-likeness (QED) is 0.534. The molecule has 1 atom stereocenters. The molecule has 0 aromatic carbocycles. The van der Waals surface area contributed by atoms with E-state index in [4.69, 9.17) is 9.47 Å². The normalized spacial score (nSPS) is 16.5. The lowest BCUT2D eigenvalue weighted by Gasteiger charge is -2.25. The van der Waals surface area contributed by atoms with Crippen molar-refractivity contribution in [3.05, 3.63) is 71.9 Å². The number of aromatic nitrogens is 4. The number of ether oxygens (including phenoxy) is 2. The van der Waals surface area contributed by atoms with Crippen LogP contribution in [0.5, 0.6) is 5.88 Å². The van der Waals surface area contributed by atoms with Crippen molar-refractivity contribution in [3.63, 3.8) is 0 Å². The average molecular weight is 450 g/mol. The highest BCUT2D eigenvalue weighted by atomic mass is 16.5. The van der Waals surface area contributed by atoms with Crippen molar-refractivity contribution in [1.82, 2.24) is 29.5 Å². The molecule has 10 nitrogen and oxygen atoms in total. The average Bonchev–Trinajstić information content (AvgIpc) is 3.18. The molecular formula is C23H26N6O4. The monoisotopic (exact) mass is 450 g/mol. The zero-order valence-corrected chi connectivity index (χ0v) is 18.6. The van der Waals surface area contributed by atoms with Crippen molar-refractivity contribution < 1.29 is 19.1 Å². The zero-order valence-electron chi connectivity index (χ0n) is 18.6. The molecule has 1 saturated heterocycles. The summed E-state index contributed by atoms with van der Waals surface area (Å²) in [6.45, 7) is 1.25. The van der Waals surface area contributed by atoms with Crippen LogP contribution in [0.4, 0.5) is 0 Å². The molecule has 1 aliphatic rings. The molecule has 1 aliphatic heterocycles. The Morgan fingerprint density at radius 3 is 2.73 bits per heavy atom. The third kappa shape index (κ3) is 5.53. The molecule has 172 valence electrons. The summed E-state index contributed by atoms with van der Waals surface area (Å²) < 4.78 is 13.1. The summed E-state index contributed by atoms with van der Waals surface area (Å²) in [4.78, 5) is 37.9. The lowest BCUT2D eigenvalue weighted by molar-refractivity contribution is -0.132. The van der Waals surface area contributed by atoms with Crippen molar-refractivity contribution in [2.24, 2.45) is 7.05 Å². The van der Waals surface area contributed by atoms with Crippen molar-refractivity contribution in [1.29, 1.82) is 0 Å². The van der Waals surface area contributed by atoms with Crippen molar-refractivity contribution in [2.45, 2.75) is 19.3 Å². The van der Waals surface area contributed by atoms with E-state index in [0.29, 0.717) is 25.3 Å². The molecular weight excluding hydrogens is 424 g/mol. The predicted molar refractivity (Wildman–Crippen MR) is 118 cm³/mol. The number of hydrogen-bond acceptors (Lipinski definition) is 7. The van der Waals surface area contributed by atoms with Gasteiger partial charge in [-0.15, -0.1) is 0 Å². The molecule has 1 fully saturated rings. The SMILES string of the molecule is COc1ncccc1C(=O)N1CC(=O)N(Cc2cnn(C)c2)C[C@H](OCc2cccnc2)C1. The largest absolute Gasteiger partial charge is 0.480 e. The van der Waals surface area contributed by atoms with Crippen LogP contribution in [-0.2, 0) is 29.7 Å². The first-order chi connectivity index (χ1) is 16.0. The van der Waals surface area contributed by atoms with Crippen molar-refractivity contribution >= 4 is 11.8 Å². The first kappa shape index (κ1) is 22.4. The van der Waals surface area contributed by atoms with E-state index < -0.39 is 0 Å². The van der Waals surface area contributed by atoms with Gasteiger partial charge in [0.05, 0.1) is 26.0 Å². The summed E-state index contributed by atoms with van der Waals surface area (Å²) in [7, 11) is 3.29. The fourth-order valence-corrected chi connectivity index (χ4v) is 3.75. The lowest BCUT2D eigenvalue weighted by Crippen LogP contribution is -2.39. The number of rotatable bonds is 7. The summed E-state index contributed by atoms with van der Waals surface area (Å²) in [5, 5.41) is 4.18. The Hall–Kier alpha value is -3.79. The number of carbonyl (C=O) groups is 2. The fourth-order valence-electron chi connectivity index (χ4n) is 3.75. The van der Waals surface area contributed by atoms with Gasteiger partial charge >= 0.3 is 0 Å². The number of aryl methyl sites for hydroxylation is 1. The number of amides is 2. The Morgan fingerprint density at radius 1 is 1.15 bits per heavy atom. The highest BCUT2D eigenvalue weighted by Crippen LogP contribution is 2.20. The number of nitrogens with zero attached hydrogens (tertiary/aromatic N) is 6. The van der Waals surface area contributed by atoms with Crippen LogP contribution >= 0.6 is 0 Å². The van der Waals surface area contributed by atoms with Crippen LogP contribution in [0.2, 0.25) is 0 Å². The van der Waals surface area contributed by atoms with Gasteiger partial charge in [0.1, 0.15) is 12.1 Å². The van der Waals surface area contributed by atoms with Gasteiger partial charge in [0.25, 0.3) is 5.91 Å². The van der Waals surface area contributed by atoms with E-state index in [0.717, 1.165) is 11.1 Å². The summed E-state index contributed by atoms with van der Waals surface area (Å²) in [6.07, 6.45) is 8.20. The Bertz CT molecular complexity index is 1100. The third-order valence-corrected chi connectivity index (χ3v) is 5.35.